The maximum absolute atomic E-state index is 12.1. The van der Waals surface area contributed by atoms with Crippen molar-refractivity contribution >= 4 is 23.1 Å². The number of nitrogens with zero attached hydrogens (tertiary/aromatic N) is 2. The minimum absolute atomic E-state index is 0.00192. The van der Waals surface area contributed by atoms with E-state index in [1.807, 2.05) is 0 Å². The lowest BCUT2D eigenvalue weighted by molar-refractivity contribution is -0.384. The molecule has 0 saturated heterocycles. The molecule has 2 aromatic rings. The monoisotopic (exact) mass is 290 g/mol. The van der Waals surface area contributed by atoms with Gasteiger partial charge in [-0.3, -0.25) is 25.5 Å². The van der Waals surface area contributed by atoms with Crippen molar-refractivity contribution in [2.45, 2.75) is 0 Å². The van der Waals surface area contributed by atoms with E-state index < -0.39 is 22.1 Å². The van der Waals surface area contributed by atoms with Crippen LogP contribution in [0.3, 0.4) is 0 Å². The summed E-state index contributed by atoms with van der Waals surface area (Å²) in [5, 5.41) is 19.1. The van der Waals surface area contributed by atoms with Crippen LogP contribution in [-0.4, -0.2) is 21.0 Å². The second-order valence-corrected chi connectivity index (χ2v) is 3.86. The van der Waals surface area contributed by atoms with E-state index >= 15 is 0 Å². The van der Waals surface area contributed by atoms with Crippen molar-refractivity contribution in [1.82, 2.24) is 10.2 Å². The number of nitrogens with one attached hydrogen (secondary N) is 3. The van der Waals surface area contributed by atoms with Crippen LogP contribution in [0.4, 0.5) is 17.2 Å². The lowest BCUT2D eigenvalue weighted by Crippen LogP contribution is -2.18. The van der Waals surface area contributed by atoms with Crippen LogP contribution >= 0.6 is 0 Å². The zero-order valence-corrected chi connectivity index (χ0v) is 10.5. The fourth-order valence-corrected chi connectivity index (χ4v) is 1.64. The number of H-pyrrole nitrogens is 1. The van der Waals surface area contributed by atoms with Crippen molar-refractivity contribution in [3.05, 3.63) is 56.4 Å². The number of aromatic amines is 1. The van der Waals surface area contributed by atoms with Gasteiger partial charge in [-0.25, -0.2) is 5.10 Å². The SMILES string of the molecule is NNc1cccc(C(=O)Nc2ccc(=O)[nH]n2)c1[N+](=O)[O-]. The molecule has 0 atom stereocenters. The van der Waals surface area contributed by atoms with Gasteiger partial charge in [0.25, 0.3) is 11.5 Å². The standard InChI is InChI=1S/C11H10N6O4/c12-14-7-3-1-2-6(10(7)17(20)21)11(19)13-8-4-5-9(18)16-15-8/h1-5,14H,12H2,(H,16,18)(H,13,15,19). The summed E-state index contributed by atoms with van der Waals surface area (Å²) >= 11 is 0. The van der Waals surface area contributed by atoms with Gasteiger partial charge in [-0.1, -0.05) is 6.07 Å². The molecule has 0 fully saturated rings. The van der Waals surface area contributed by atoms with E-state index in [2.05, 4.69) is 20.9 Å². The first-order valence-electron chi connectivity index (χ1n) is 5.64. The topological polar surface area (TPSA) is 156 Å². The molecule has 10 heteroatoms. The molecule has 108 valence electrons. The second-order valence-electron chi connectivity index (χ2n) is 3.86. The first kappa shape index (κ1) is 14.1. The predicted molar refractivity (Wildman–Crippen MR) is 73.7 cm³/mol. The summed E-state index contributed by atoms with van der Waals surface area (Å²) < 4.78 is 0. The zero-order chi connectivity index (χ0) is 15.4. The molecule has 1 heterocycles. The lowest BCUT2D eigenvalue weighted by Gasteiger charge is -2.07. The van der Waals surface area contributed by atoms with Gasteiger partial charge in [0.15, 0.2) is 5.82 Å². The number of nitrogen functional groups attached to an aromatic ring is 1. The highest BCUT2D eigenvalue weighted by Gasteiger charge is 2.24. The Hall–Kier alpha value is -3.27. The summed E-state index contributed by atoms with van der Waals surface area (Å²) in [5.74, 6) is 4.49. The number of nitro benzene ring substituents is 1. The third-order valence-corrected chi connectivity index (χ3v) is 2.54. The molecule has 21 heavy (non-hydrogen) atoms. The number of hydrogen-bond donors (Lipinski definition) is 4. The van der Waals surface area contributed by atoms with E-state index in [0.717, 1.165) is 6.07 Å². The van der Waals surface area contributed by atoms with Gasteiger partial charge in [0.2, 0.25) is 0 Å². The molecule has 1 amide bonds. The Kier molecular flexibility index (Phi) is 3.90. The van der Waals surface area contributed by atoms with Crippen molar-refractivity contribution < 1.29 is 9.72 Å². The summed E-state index contributed by atoms with van der Waals surface area (Å²) in [6.07, 6.45) is 0. The Morgan fingerprint density at radius 2 is 2.10 bits per heavy atom. The molecular formula is C11H10N6O4. The lowest BCUT2D eigenvalue weighted by atomic mass is 10.1. The minimum atomic E-state index is -0.752. The number of benzene rings is 1. The number of carbonyl (C=O) groups is 1. The molecule has 0 radical (unpaired) electrons. The van der Waals surface area contributed by atoms with E-state index in [1.165, 1.54) is 24.3 Å². The van der Waals surface area contributed by atoms with Crippen LogP contribution in [0.25, 0.3) is 0 Å². The van der Waals surface area contributed by atoms with Crippen molar-refractivity contribution in [2.75, 3.05) is 10.7 Å². The third kappa shape index (κ3) is 3.01. The molecule has 0 saturated carbocycles. The molecular weight excluding hydrogens is 280 g/mol. The number of amides is 1. The summed E-state index contributed by atoms with van der Waals surface area (Å²) in [5.41, 5.74) is 1.08. The number of nitrogens with two attached hydrogens (primary N) is 1. The molecule has 0 aliphatic rings. The van der Waals surface area contributed by atoms with Gasteiger partial charge in [0.05, 0.1) is 4.92 Å². The molecule has 0 aliphatic carbocycles. The third-order valence-electron chi connectivity index (χ3n) is 2.54. The van der Waals surface area contributed by atoms with Crippen molar-refractivity contribution in [1.29, 1.82) is 0 Å². The van der Waals surface area contributed by atoms with Gasteiger partial charge in [-0.05, 0) is 18.2 Å². The largest absolute Gasteiger partial charge is 0.318 e. The molecule has 0 bridgehead atoms. The fourth-order valence-electron chi connectivity index (χ4n) is 1.64. The van der Waals surface area contributed by atoms with Crippen LogP contribution in [0.1, 0.15) is 10.4 Å². The Bertz CT molecular complexity index is 736. The van der Waals surface area contributed by atoms with E-state index in [9.17, 15) is 19.7 Å². The number of hydrogen-bond acceptors (Lipinski definition) is 7. The number of rotatable bonds is 4. The number of hydrazine groups is 1. The number of aromatic nitrogens is 2. The molecule has 0 spiro atoms. The number of anilines is 2. The maximum atomic E-state index is 12.1. The zero-order valence-electron chi connectivity index (χ0n) is 10.5. The molecule has 2 rings (SSSR count). The summed E-state index contributed by atoms with van der Waals surface area (Å²) in [7, 11) is 0. The van der Waals surface area contributed by atoms with Gasteiger partial charge in [-0.15, -0.1) is 0 Å². The van der Waals surface area contributed by atoms with Crippen LogP contribution in [0.15, 0.2) is 35.1 Å². The van der Waals surface area contributed by atoms with Gasteiger partial charge in [-0.2, -0.15) is 5.10 Å². The van der Waals surface area contributed by atoms with Gasteiger partial charge in [0.1, 0.15) is 11.3 Å². The van der Waals surface area contributed by atoms with Crippen molar-refractivity contribution in [2.24, 2.45) is 5.84 Å². The number of nitro groups is 1. The highest BCUT2D eigenvalue weighted by molar-refractivity contribution is 6.08. The summed E-state index contributed by atoms with van der Waals surface area (Å²) in [6, 6.07) is 6.52. The number of carbonyl (C=O) groups excluding carboxylic acids is 1. The summed E-state index contributed by atoms with van der Waals surface area (Å²) in [4.78, 5) is 33.3. The van der Waals surface area contributed by atoms with E-state index in [1.54, 1.807) is 0 Å². The van der Waals surface area contributed by atoms with Crippen molar-refractivity contribution in [3.8, 4) is 0 Å². The smallest absolute Gasteiger partial charge is 0.306 e. The predicted octanol–water partition coefficient (Wildman–Crippen LogP) is 0.216. The van der Waals surface area contributed by atoms with Gasteiger partial charge in [0, 0.05) is 6.07 Å². The Morgan fingerprint density at radius 1 is 1.33 bits per heavy atom. The molecule has 5 N–H and O–H groups in total. The second kappa shape index (κ2) is 5.79. The van der Waals surface area contributed by atoms with Crippen LogP contribution in [-0.2, 0) is 0 Å². The number of para-hydroxylation sites is 1. The van der Waals surface area contributed by atoms with E-state index in [0.29, 0.717) is 0 Å². The first-order chi connectivity index (χ1) is 10.0. The van der Waals surface area contributed by atoms with Crippen LogP contribution in [0, 0.1) is 10.1 Å². The maximum Gasteiger partial charge on any atom is 0.306 e. The highest BCUT2D eigenvalue weighted by Crippen LogP contribution is 2.28. The Balaban J connectivity index is 2.37. The van der Waals surface area contributed by atoms with Crippen molar-refractivity contribution in [3.63, 3.8) is 0 Å². The minimum Gasteiger partial charge on any atom is -0.318 e. The van der Waals surface area contributed by atoms with Crippen LogP contribution < -0.4 is 22.1 Å². The average molecular weight is 290 g/mol. The fraction of sp³-hybridized carbons (Fsp3) is 0. The van der Waals surface area contributed by atoms with Crippen LogP contribution in [0.5, 0.6) is 0 Å². The van der Waals surface area contributed by atoms with E-state index in [4.69, 9.17) is 5.84 Å². The Morgan fingerprint density at radius 3 is 2.67 bits per heavy atom. The van der Waals surface area contributed by atoms with Gasteiger partial charge < -0.3 is 10.7 Å². The Labute approximate surface area is 117 Å². The highest BCUT2D eigenvalue weighted by atomic mass is 16.6. The molecule has 0 aliphatic heterocycles. The van der Waals surface area contributed by atoms with E-state index in [-0.39, 0.29) is 17.1 Å². The molecule has 1 aromatic heterocycles. The molecule has 10 nitrogen and oxygen atoms in total. The van der Waals surface area contributed by atoms with Gasteiger partial charge >= 0.3 is 5.69 Å². The van der Waals surface area contributed by atoms with Crippen LogP contribution in [0.2, 0.25) is 0 Å². The quantitative estimate of drug-likeness (QED) is 0.356. The summed E-state index contributed by atoms with van der Waals surface area (Å²) in [6.45, 7) is 0. The molecule has 1 aromatic carbocycles. The first-order valence-corrected chi connectivity index (χ1v) is 5.64. The molecule has 0 unspecified atom stereocenters. The normalized spacial score (nSPS) is 9.95. The average Bonchev–Trinajstić information content (AvgIpc) is 2.48.